The Balaban J connectivity index is 2.23. The average Bonchev–Trinajstić information content (AvgIpc) is 2.33. The molecule has 0 radical (unpaired) electrons. The lowest BCUT2D eigenvalue weighted by Gasteiger charge is -2.06. The van der Waals surface area contributed by atoms with E-state index in [1.807, 2.05) is 0 Å². The molecule has 86 valence electrons. The number of anilines is 2. The number of nitrogens with zero attached hydrogens (tertiary/aromatic N) is 2. The Morgan fingerprint density at radius 2 is 2.00 bits per heavy atom. The number of carbonyl (C=O) groups excluding carboxylic acids is 1. The monoisotopic (exact) mass is 248 g/mol. The van der Waals surface area contributed by atoms with Crippen LogP contribution < -0.4 is 11.1 Å². The zero-order valence-electron chi connectivity index (χ0n) is 8.72. The zero-order chi connectivity index (χ0) is 12.3. The summed E-state index contributed by atoms with van der Waals surface area (Å²) >= 11 is 5.80. The predicted octanol–water partition coefficient (Wildman–Crippen LogP) is 1.96. The largest absolute Gasteiger partial charge is 0.398 e. The molecule has 0 bridgehead atoms. The molecule has 6 heteroatoms. The van der Waals surface area contributed by atoms with Crippen LogP contribution in [0.1, 0.15) is 10.4 Å². The summed E-state index contributed by atoms with van der Waals surface area (Å²) in [5.74, 6) is -0.173. The first-order valence-electron chi connectivity index (χ1n) is 4.80. The van der Waals surface area contributed by atoms with Crippen LogP contribution in [-0.4, -0.2) is 15.9 Å². The van der Waals surface area contributed by atoms with Crippen LogP contribution in [0.5, 0.6) is 0 Å². The first-order chi connectivity index (χ1) is 8.16. The number of hydrogen-bond donors (Lipinski definition) is 2. The van der Waals surface area contributed by atoms with Crippen molar-refractivity contribution < 1.29 is 4.79 Å². The third-order valence-electron chi connectivity index (χ3n) is 2.05. The van der Waals surface area contributed by atoms with Crippen molar-refractivity contribution in [3.8, 4) is 0 Å². The summed E-state index contributed by atoms with van der Waals surface area (Å²) in [5, 5.41) is 2.97. The highest BCUT2D eigenvalue weighted by molar-refractivity contribution is 6.31. The molecular formula is C11H9ClN4O. The number of amides is 1. The molecule has 0 spiro atoms. The first kappa shape index (κ1) is 11.3. The van der Waals surface area contributed by atoms with E-state index < -0.39 is 5.91 Å². The summed E-state index contributed by atoms with van der Waals surface area (Å²) in [4.78, 5) is 19.6. The lowest BCUT2D eigenvalue weighted by molar-refractivity contribution is 0.102. The second-order valence-electron chi connectivity index (χ2n) is 3.26. The fourth-order valence-electron chi connectivity index (χ4n) is 1.26. The molecule has 5 nitrogen and oxygen atoms in total. The Labute approximate surface area is 103 Å². The van der Waals surface area contributed by atoms with Gasteiger partial charge in [-0.2, -0.15) is 0 Å². The van der Waals surface area contributed by atoms with Gasteiger partial charge < -0.3 is 5.73 Å². The summed E-state index contributed by atoms with van der Waals surface area (Å²) < 4.78 is 0. The molecule has 3 N–H and O–H groups in total. The molecule has 1 amide bonds. The van der Waals surface area contributed by atoms with Gasteiger partial charge in [0.2, 0.25) is 5.95 Å². The molecule has 0 unspecified atom stereocenters. The normalized spacial score (nSPS) is 9.94. The van der Waals surface area contributed by atoms with E-state index in [1.54, 1.807) is 18.2 Å². The Morgan fingerprint density at radius 1 is 1.29 bits per heavy atom. The van der Waals surface area contributed by atoms with Gasteiger partial charge in [-0.15, -0.1) is 0 Å². The predicted molar refractivity (Wildman–Crippen MR) is 65.8 cm³/mol. The van der Waals surface area contributed by atoms with Gasteiger partial charge in [0.25, 0.3) is 5.91 Å². The van der Waals surface area contributed by atoms with Gasteiger partial charge in [0.1, 0.15) is 0 Å². The second kappa shape index (κ2) is 4.80. The van der Waals surface area contributed by atoms with Gasteiger partial charge in [-0.25, -0.2) is 9.97 Å². The number of hydrogen-bond acceptors (Lipinski definition) is 4. The molecule has 2 rings (SSSR count). The third-order valence-corrected chi connectivity index (χ3v) is 2.29. The standard InChI is InChI=1S/C11H9ClN4O/c12-7-2-3-9(13)8(6-7)10(17)16-11-14-4-1-5-15-11/h1-6H,13H2,(H,14,15,16,17). The van der Waals surface area contributed by atoms with Gasteiger partial charge in [0, 0.05) is 23.1 Å². The molecule has 0 aliphatic heterocycles. The number of carbonyl (C=O) groups is 1. The van der Waals surface area contributed by atoms with Crippen LogP contribution in [0.4, 0.5) is 11.6 Å². The number of nitrogen functional groups attached to an aromatic ring is 1. The zero-order valence-corrected chi connectivity index (χ0v) is 9.48. The van der Waals surface area contributed by atoms with E-state index in [1.165, 1.54) is 18.5 Å². The molecule has 17 heavy (non-hydrogen) atoms. The van der Waals surface area contributed by atoms with E-state index in [0.717, 1.165) is 0 Å². The summed E-state index contributed by atoms with van der Waals surface area (Å²) in [5.41, 5.74) is 6.33. The van der Waals surface area contributed by atoms with Crippen LogP contribution in [0.2, 0.25) is 5.02 Å². The van der Waals surface area contributed by atoms with Gasteiger partial charge in [0.05, 0.1) is 5.56 Å². The number of halogens is 1. The lowest BCUT2D eigenvalue weighted by Crippen LogP contribution is -2.15. The Bertz CT molecular complexity index is 544. The van der Waals surface area contributed by atoms with Gasteiger partial charge in [-0.05, 0) is 24.3 Å². The number of aromatic nitrogens is 2. The fraction of sp³-hybridized carbons (Fsp3) is 0. The minimum Gasteiger partial charge on any atom is -0.398 e. The molecule has 0 aliphatic carbocycles. The minimum atomic E-state index is -0.392. The van der Waals surface area contributed by atoms with Crippen molar-refractivity contribution in [1.29, 1.82) is 0 Å². The molecule has 0 saturated carbocycles. The van der Waals surface area contributed by atoms with Crippen LogP contribution >= 0.6 is 11.6 Å². The number of benzene rings is 1. The lowest BCUT2D eigenvalue weighted by atomic mass is 10.1. The average molecular weight is 249 g/mol. The SMILES string of the molecule is Nc1ccc(Cl)cc1C(=O)Nc1ncccn1. The topological polar surface area (TPSA) is 80.9 Å². The maximum absolute atomic E-state index is 11.9. The summed E-state index contributed by atoms with van der Waals surface area (Å²) in [7, 11) is 0. The molecule has 0 atom stereocenters. The van der Waals surface area contributed by atoms with Crippen molar-refractivity contribution in [2.24, 2.45) is 0 Å². The first-order valence-corrected chi connectivity index (χ1v) is 5.18. The third kappa shape index (κ3) is 2.70. The van der Waals surface area contributed by atoms with Crippen LogP contribution in [0, 0.1) is 0 Å². The molecule has 0 saturated heterocycles. The summed E-state index contributed by atoms with van der Waals surface area (Å²) in [6, 6.07) is 6.34. The van der Waals surface area contributed by atoms with Gasteiger partial charge in [0.15, 0.2) is 0 Å². The van der Waals surface area contributed by atoms with E-state index >= 15 is 0 Å². The van der Waals surface area contributed by atoms with Crippen LogP contribution in [0.15, 0.2) is 36.7 Å². The maximum Gasteiger partial charge on any atom is 0.260 e. The minimum absolute atomic E-state index is 0.219. The summed E-state index contributed by atoms with van der Waals surface area (Å²) in [6.07, 6.45) is 3.06. The Morgan fingerprint density at radius 3 is 2.71 bits per heavy atom. The molecule has 2 aromatic rings. The maximum atomic E-state index is 11.9. The van der Waals surface area contributed by atoms with Gasteiger partial charge in [-0.1, -0.05) is 11.6 Å². The van der Waals surface area contributed by atoms with E-state index in [9.17, 15) is 4.79 Å². The van der Waals surface area contributed by atoms with Crippen molar-refractivity contribution in [3.63, 3.8) is 0 Å². The van der Waals surface area contributed by atoms with E-state index in [-0.39, 0.29) is 5.95 Å². The number of rotatable bonds is 2. The molecular weight excluding hydrogens is 240 g/mol. The highest BCUT2D eigenvalue weighted by atomic mass is 35.5. The van der Waals surface area contributed by atoms with Crippen molar-refractivity contribution in [1.82, 2.24) is 9.97 Å². The second-order valence-corrected chi connectivity index (χ2v) is 3.69. The molecule has 0 fully saturated rings. The van der Waals surface area contributed by atoms with Crippen molar-refractivity contribution in [2.45, 2.75) is 0 Å². The van der Waals surface area contributed by atoms with Crippen molar-refractivity contribution >= 4 is 29.1 Å². The highest BCUT2D eigenvalue weighted by Crippen LogP contribution is 2.18. The molecule has 1 aromatic heterocycles. The van der Waals surface area contributed by atoms with Gasteiger partial charge in [-0.3, -0.25) is 10.1 Å². The van der Waals surface area contributed by atoms with Crippen LogP contribution in [-0.2, 0) is 0 Å². The molecule has 1 aromatic carbocycles. The van der Waals surface area contributed by atoms with E-state index in [4.69, 9.17) is 17.3 Å². The van der Waals surface area contributed by atoms with Crippen LogP contribution in [0.25, 0.3) is 0 Å². The Hall–Kier alpha value is -2.14. The van der Waals surface area contributed by atoms with Crippen molar-refractivity contribution in [3.05, 3.63) is 47.2 Å². The quantitative estimate of drug-likeness (QED) is 0.796. The summed E-state index contributed by atoms with van der Waals surface area (Å²) in [6.45, 7) is 0. The van der Waals surface area contributed by atoms with Crippen molar-refractivity contribution in [2.75, 3.05) is 11.1 Å². The van der Waals surface area contributed by atoms with E-state index in [0.29, 0.717) is 16.3 Å². The van der Waals surface area contributed by atoms with E-state index in [2.05, 4.69) is 15.3 Å². The van der Waals surface area contributed by atoms with Crippen LogP contribution in [0.3, 0.4) is 0 Å². The number of nitrogens with one attached hydrogen (secondary N) is 1. The molecule has 1 heterocycles. The highest BCUT2D eigenvalue weighted by Gasteiger charge is 2.11. The fourth-order valence-corrected chi connectivity index (χ4v) is 1.43. The van der Waals surface area contributed by atoms with Gasteiger partial charge >= 0.3 is 0 Å². The Kier molecular flexibility index (Phi) is 3.20. The smallest absolute Gasteiger partial charge is 0.260 e. The molecule has 0 aliphatic rings. The number of nitrogens with two attached hydrogens (primary N) is 1.